The highest BCUT2D eigenvalue weighted by Crippen LogP contribution is 2.34. The fourth-order valence-electron chi connectivity index (χ4n) is 3.59. The second kappa shape index (κ2) is 6.30. The van der Waals surface area contributed by atoms with Crippen molar-refractivity contribution in [3.05, 3.63) is 23.6 Å². The maximum absolute atomic E-state index is 5.97. The molecule has 2 saturated heterocycles. The molecule has 2 N–H and O–H groups in total. The third kappa shape index (κ3) is 3.18. The van der Waals surface area contributed by atoms with Gasteiger partial charge in [0.05, 0.1) is 4.21 Å². The SMILES string of the molecule is CN1[C@@H]2CC[C@H]1CN(c1cc(Sc3cccs3)nc(N)n1)CC2. The van der Waals surface area contributed by atoms with Gasteiger partial charge in [-0.05, 0) is 37.8 Å². The number of nitrogens with zero attached hydrogens (tertiary/aromatic N) is 4. The van der Waals surface area contributed by atoms with E-state index in [0.29, 0.717) is 12.0 Å². The Kier molecular flexibility index (Phi) is 4.17. The fourth-order valence-corrected chi connectivity index (χ4v) is 5.31. The Labute approximate surface area is 144 Å². The first kappa shape index (κ1) is 15.2. The highest BCUT2D eigenvalue weighted by atomic mass is 32.2. The molecular formula is C16H21N5S2. The van der Waals surface area contributed by atoms with Crippen LogP contribution in [0.3, 0.4) is 0 Å². The van der Waals surface area contributed by atoms with Gasteiger partial charge in [0.15, 0.2) is 0 Å². The van der Waals surface area contributed by atoms with E-state index in [4.69, 9.17) is 5.73 Å². The second-order valence-corrected chi connectivity index (χ2v) is 8.51. The minimum Gasteiger partial charge on any atom is -0.368 e. The van der Waals surface area contributed by atoms with Gasteiger partial charge in [-0.3, -0.25) is 4.90 Å². The van der Waals surface area contributed by atoms with Gasteiger partial charge in [0.25, 0.3) is 0 Å². The Morgan fingerprint density at radius 2 is 2.13 bits per heavy atom. The van der Waals surface area contributed by atoms with Crippen LogP contribution in [0.25, 0.3) is 0 Å². The van der Waals surface area contributed by atoms with Crippen LogP contribution >= 0.6 is 23.1 Å². The predicted molar refractivity (Wildman–Crippen MR) is 96.3 cm³/mol. The summed E-state index contributed by atoms with van der Waals surface area (Å²) in [6.07, 6.45) is 3.82. The van der Waals surface area contributed by atoms with E-state index in [1.807, 2.05) is 0 Å². The summed E-state index contributed by atoms with van der Waals surface area (Å²) in [5, 5.41) is 3.01. The lowest BCUT2D eigenvalue weighted by molar-refractivity contribution is 0.254. The molecule has 0 aromatic carbocycles. The Hall–Kier alpha value is -1.31. The molecule has 0 aliphatic carbocycles. The van der Waals surface area contributed by atoms with Crippen LogP contribution in [0.5, 0.6) is 0 Å². The number of nitrogens with two attached hydrogens (primary N) is 1. The number of fused-ring (bicyclic) bond motifs is 2. The third-order valence-electron chi connectivity index (χ3n) is 4.88. The van der Waals surface area contributed by atoms with Gasteiger partial charge >= 0.3 is 0 Å². The average molecular weight is 348 g/mol. The molecule has 2 aromatic heterocycles. The molecule has 0 saturated carbocycles. The van der Waals surface area contributed by atoms with Gasteiger partial charge < -0.3 is 10.6 Å². The molecule has 7 heteroatoms. The first-order valence-electron chi connectivity index (χ1n) is 8.02. The van der Waals surface area contributed by atoms with Crippen LogP contribution in [0.15, 0.2) is 32.8 Å². The van der Waals surface area contributed by atoms with Crippen LogP contribution in [0.1, 0.15) is 19.3 Å². The average Bonchev–Trinajstić information content (AvgIpc) is 3.07. The van der Waals surface area contributed by atoms with Crippen molar-refractivity contribution in [2.24, 2.45) is 0 Å². The zero-order valence-electron chi connectivity index (χ0n) is 13.2. The van der Waals surface area contributed by atoms with E-state index in [1.165, 1.54) is 23.5 Å². The second-order valence-electron chi connectivity index (χ2n) is 6.24. The van der Waals surface area contributed by atoms with Gasteiger partial charge in [0, 0.05) is 31.2 Å². The zero-order chi connectivity index (χ0) is 15.8. The van der Waals surface area contributed by atoms with Crippen molar-refractivity contribution in [1.29, 1.82) is 0 Å². The lowest BCUT2D eigenvalue weighted by Gasteiger charge is -2.26. The normalized spacial score (nSPS) is 24.8. The summed E-state index contributed by atoms with van der Waals surface area (Å²) in [5.74, 6) is 1.34. The molecule has 0 unspecified atom stereocenters. The molecule has 122 valence electrons. The maximum atomic E-state index is 5.97. The minimum atomic E-state index is 0.365. The number of anilines is 2. The summed E-state index contributed by atoms with van der Waals surface area (Å²) in [6.45, 7) is 2.08. The van der Waals surface area contributed by atoms with Crippen molar-refractivity contribution in [1.82, 2.24) is 14.9 Å². The van der Waals surface area contributed by atoms with Crippen LogP contribution in [0, 0.1) is 0 Å². The number of hydrogen-bond acceptors (Lipinski definition) is 7. The number of aromatic nitrogens is 2. The molecule has 0 radical (unpaired) electrons. The van der Waals surface area contributed by atoms with E-state index >= 15 is 0 Å². The van der Waals surface area contributed by atoms with Gasteiger partial charge in [0.1, 0.15) is 10.8 Å². The number of rotatable bonds is 3. The molecule has 4 rings (SSSR count). The molecule has 5 nitrogen and oxygen atoms in total. The predicted octanol–water partition coefficient (Wildman–Crippen LogP) is 2.94. The highest BCUT2D eigenvalue weighted by molar-refractivity contribution is 8.01. The number of thiophene rings is 1. The van der Waals surface area contributed by atoms with E-state index in [9.17, 15) is 0 Å². The van der Waals surface area contributed by atoms with Crippen LogP contribution < -0.4 is 10.6 Å². The quantitative estimate of drug-likeness (QED) is 0.862. The summed E-state index contributed by atoms with van der Waals surface area (Å²) in [5.41, 5.74) is 5.97. The molecule has 0 amide bonds. The van der Waals surface area contributed by atoms with Crippen molar-refractivity contribution < 1.29 is 0 Å². The van der Waals surface area contributed by atoms with Crippen molar-refractivity contribution in [2.45, 2.75) is 40.6 Å². The molecule has 2 aromatic rings. The molecule has 2 aliphatic heterocycles. The lowest BCUT2D eigenvalue weighted by Crippen LogP contribution is -2.37. The Morgan fingerprint density at radius 3 is 2.96 bits per heavy atom. The molecule has 2 fully saturated rings. The van der Waals surface area contributed by atoms with Gasteiger partial charge in [0.2, 0.25) is 5.95 Å². The summed E-state index contributed by atoms with van der Waals surface area (Å²) >= 11 is 3.38. The molecular weight excluding hydrogens is 326 g/mol. The monoisotopic (exact) mass is 347 g/mol. The molecule has 2 bridgehead atoms. The highest BCUT2D eigenvalue weighted by Gasteiger charge is 2.35. The summed E-state index contributed by atoms with van der Waals surface area (Å²) in [4.78, 5) is 13.8. The summed E-state index contributed by atoms with van der Waals surface area (Å²) in [6, 6.07) is 7.60. The minimum absolute atomic E-state index is 0.365. The van der Waals surface area contributed by atoms with E-state index in [2.05, 4.69) is 50.4 Å². The largest absolute Gasteiger partial charge is 0.368 e. The van der Waals surface area contributed by atoms with Crippen LogP contribution in [-0.2, 0) is 0 Å². The smallest absolute Gasteiger partial charge is 0.223 e. The van der Waals surface area contributed by atoms with E-state index < -0.39 is 0 Å². The topological polar surface area (TPSA) is 58.3 Å². The van der Waals surface area contributed by atoms with Crippen molar-refractivity contribution >= 4 is 34.9 Å². The molecule has 2 aliphatic rings. The van der Waals surface area contributed by atoms with Gasteiger partial charge in [-0.15, -0.1) is 11.3 Å². The molecule has 0 spiro atoms. The van der Waals surface area contributed by atoms with Gasteiger partial charge in [-0.1, -0.05) is 17.8 Å². The van der Waals surface area contributed by atoms with Crippen LogP contribution in [-0.4, -0.2) is 47.1 Å². The first-order valence-corrected chi connectivity index (χ1v) is 9.71. The summed E-state index contributed by atoms with van der Waals surface area (Å²) < 4.78 is 1.23. The molecule has 23 heavy (non-hydrogen) atoms. The fraction of sp³-hybridized carbons (Fsp3) is 0.500. The Morgan fingerprint density at radius 1 is 1.26 bits per heavy atom. The lowest BCUT2D eigenvalue weighted by atomic mass is 10.1. The third-order valence-corrected chi connectivity index (χ3v) is 6.83. The van der Waals surface area contributed by atoms with E-state index in [-0.39, 0.29) is 0 Å². The van der Waals surface area contributed by atoms with Crippen molar-refractivity contribution in [3.8, 4) is 0 Å². The molecule has 2 atom stereocenters. The van der Waals surface area contributed by atoms with E-state index in [0.717, 1.165) is 30.0 Å². The summed E-state index contributed by atoms with van der Waals surface area (Å²) in [7, 11) is 2.26. The van der Waals surface area contributed by atoms with Crippen LogP contribution in [0.4, 0.5) is 11.8 Å². The molecule has 4 heterocycles. The van der Waals surface area contributed by atoms with Crippen molar-refractivity contribution in [3.63, 3.8) is 0 Å². The Balaban J connectivity index is 1.57. The standard InChI is InChI=1S/C16H21N5S2/c1-20-11-4-5-12(20)10-21(7-6-11)13-9-14(19-16(17)18-13)23-15-3-2-8-22-15/h2-3,8-9,11-12H,4-7,10H2,1H3,(H2,17,18,19)/t11-,12+/m1/s1. The number of hydrogen-bond donors (Lipinski definition) is 1. The first-order chi connectivity index (χ1) is 11.2. The number of likely N-dealkylation sites (N-methyl/N-ethyl adjacent to an activating group) is 1. The Bertz CT molecular complexity index is 675. The van der Waals surface area contributed by atoms with Crippen molar-refractivity contribution in [2.75, 3.05) is 30.8 Å². The van der Waals surface area contributed by atoms with E-state index in [1.54, 1.807) is 23.1 Å². The number of nitrogen functional groups attached to an aromatic ring is 1. The maximum Gasteiger partial charge on any atom is 0.223 e. The van der Waals surface area contributed by atoms with Gasteiger partial charge in [-0.2, -0.15) is 4.98 Å². The van der Waals surface area contributed by atoms with Gasteiger partial charge in [-0.25, -0.2) is 4.98 Å². The zero-order valence-corrected chi connectivity index (χ0v) is 14.8. The van der Waals surface area contributed by atoms with Crippen LogP contribution in [0.2, 0.25) is 0 Å².